The van der Waals surface area contributed by atoms with Crippen LogP contribution in [0.25, 0.3) is 21.1 Å². The normalized spacial score (nSPS) is 17.3. The van der Waals surface area contributed by atoms with E-state index in [1.54, 1.807) is 6.07 Å². The molecule has 2 N–H and O–H groups in total. The highest BCUT2D eigenvalue weighted by atomic mass is 32.1. The number of rotatable bonds is 10. The Bertz CT molecular complexity index is 1790. The SMILES string of the molecule is C=CC(=O)NN1CCN(CCn2c(C#N)cc3c(C)c(CN4CCC(Nc5ncnc6sc(CC(F)(F)F)cc56)CC4)ccc32)CC1. The number of halogens is 3. The van der Waals surface area contributed by atoms with E-state index in [0.717, 1.165) is 87.4 Å². The summed E-state index contributed by atoms with van der Waals surface area (Å²) in [7, 11) is 0. The summed E-state index contributed by atoms with van der Waals surface area (Å²) in [4.78, 5) is 25.7. The van der Waals surface area contributed by atoms with Crippen molar-refractivity contribution in [1.29, 1.82) is 5.26 Å². The number of hydrogen-bond donors (Lipinski definition) is 2. The van der Waals surface area contributed by atoms with Crippen LogP contribution in [0.4, 0.5) is 19.0 Å². The van der Waals surface area contributed by atoms with E-state index in [1.807, 2.05) is 11.1 Å². The molecule has 3 aromatic heterocycles. The van der Waals surface area contributed by atoms with E-state index >= 15 is 0 Å². The molecule has 1 aromatic carbocycles. The van der Waals surface area contributed by atoms with E-state index in [4.69, 9.17) is 0 Å². The van der Waals surface area contributed by atoms with Crippen LogP contribution in [0.3, 0.4) is 0 Å². The quantitative estimate of drug-likeness (QED) is 0.232. The summed E-state index contributed by atoms with van der Waals surface area (Å²) >= 11 is 1.06. The number of carbonyl (C=O) groups is 1. The minimum atomic E-state index is -4.26. The molecule has 0 atom stereocenters. The summed E-state index contributed by atoms with van der Waals surface area (Å²) in [5.74, 6) is 0.397. The number of nitrogens with one attached hydrogen (secondary N) is 2. The van der Waals surface area contributed by atoms with Gasteiger partial charge in [0.1, 0.15) is 28.7 Å². The van der Waals surface area contributed by atoms with Crippen molar-refractivity contribution in [2.24, 2.45) is 0 Å². The highest BCUT2D eigenvalue weighted by Crippen LogP contribution is 2.33. The van der Waals surface area contributed by atoms with Crippen molar-refractivity contribution in [1.82, 2.24) is 34.8 Å². The molecule has 6 rings (SSSR count). The maximum absolute atomic E-state index is 12.9. The first-order valence-corrected chi connectivity index (χ1v) is 16.6. The second-order valence-electron chi connectivity index (χ2n) is 12.2. The van der Waals surface area contributed by atoms with Gasteiger partial charge in [0.2, 0.25) is 0 Å². The van der Waals surface area contributed by atoms with Gasteiger partial charge >= 0.3 is 6.18 Å². The number of piperidine rings is 1. The van der Waals surface area contributed by atoms with E-state index in [-0.39, 0.29) is 16.8 Å². The minimum Gasteiger partial charge on any atom is -0.367 e. The predicted molar refractivity (Wildman–Crippen MR) is 177 cm³/mol. The molecule has 1 amide bonds. The topological polar surface area (TPSA) is 105 Å². The highest BCUT2D eigenvalue weighted by Gasteiger charge is 2.29. The van der Waals surface area contributed by atoms with Gasteiger partial charge in [-0.15, -0.1) is 11.3 Å². The Kier molecular flexibility index (Phi) is 9.79. The fourth-order valence-electron chi connectivity index (χ4n) is 6.53. The molecule has 0 saturated carbocycles. The molecule has 2 aliphatic rings. The van der Waals surface area contributed by atoms with Crippen molar-refractivity contribution in [3.63, 3.8) is 0 Å². The Balaban J connectivity index is 1.05. The Morgan fingerprint density at radius 3 is 2.55 bits per heavy atom. The molecular weight excluding hydrogens is 627 g/mol. The lowest BCUT2D eigenvalue weighted by atomic mass is 10.0. The number of nitrogens with zero attached hydrogens (tertiary/aromatic N) is 7. The average Bonchev–Trinajstić information content (AvgIpc) is 3.63. The molecule has 2 saturated heterocycles. The van der Waals surface area contributed by atoms with Gasteiger partial charge in [-0.2, -0.15) is 18.4 Å². The smallest absolute Gasteiger partial charge is 0.367 e. The summed E-state index contributed by atoms with van der Waals surface area (Å²) in [6.45, 7) is 12.8. The number of fused-ring (bicyclic) bond motifs is 2. The number of piperazine rings is 1. The number of alkyl halides is 3. The maximum atomic E-state index is 12.9. The van der Waals surface area contributed by atoms with Crippen molar-refractivity contribution >= 4 is 44.2 Å². The van der Waals surface area contributed by atoms with Crippen molar-refractivity contribution in [2.75, 3.05) is 51.1 Å². The van der Waals surface area contributed by atoms with Crippen LogP contribution in [-0.4, -0.2) is 93.3 Å². The van der Waals surface area contributed by atoms with Gasteiger partial charge in [0.25, 0.3) is 5.91 Å². The predicted octanol–water partition coefficient (Wildman–Crippen LogP) is 4.84. The molecular formula is C33H38F3N9OS. The van der Waals surface area contributed by atoms with Crippen LogP contribution in [0.2, 0.25) is 0 Å². The second kappa shape index (κ2) is 14.0. The molecule has 0 spiro atoms. The fraction of sp³-hybridized carbons (Fsp3) is 0.455. The Morgan fingerprint density at radius 2 is 1.85 bits per heavy atom. The number of carbonyl (C=O) groups excluding carboxylic acids is 1. The van der Waals surface area contributed by atoms with Crippen LogP contribution in [0.15, 0.2) is 43.2 Å². The zero-order valence-electron chi connectivity index (χ0n) is 26.3. The number of aryl methyl sites for hydroxylation is 1. The zero-order valence-corrected chi connectivity index (χ0v) is 27.1. The van der Waals surface area contributed by atoms with Crippen LogP contribution in [0, 0.1) is 18.3 Å². The molecule has 5 heterocycles. The highest BCUT2D eigenvalue weighted by molar-refractivity contribution is 7.18. The summed E-state index contributed by atoms with van der Waals surface area (Å²) < 4.78 is 40.9. The zero-order chi connectivity index (χ0) is 33.1. The summed E-state index contributed by atoms with van der Waals surface area (Å²) in [6.07, 6.45) is -0.767. The van der Waals surface area contributed by atoms with Gasteiger partial charge < -0.3 is 9.88 Å². The molecule has 10 nitrogen and oxygen atoms in total. The maximum Gasteiger partial charge on any atom is 0.393 e. The molecule has 2 fully saturated rings. The Morgan fingerprint density at radius 1 is 1.09 bits per heavy atom. The van der Waals surface area contributed by atoms with Crippen molar-refractivity contribution < 1.29 is 18.0 Å². The van der Waals surface area contributed by atoms with Gasteiger partial charge in [-0.1, -0.05) is 12.6 Å². The van der Waals surface area contributed by atoms with Gasteiger partial charge in [-0.25, -0.2) is 15.0 Å². The molecule has 14 heteroatoms. The van der Waals surface area contributed by atoms with Gasteiger partial charge in [-0.3, -0.25) is 20.0 Å². The number of hydrogen-bond acceptors (Lipinski definition) is 9. The van der Waals surface area contributed by atoms with Gasteiger partial charge in [0.05, 0.1) is 11.8 Å². The Labute approximate surface area is 275 Å². The number of benzene rings is 1. The van der Waals surface area contributed by atoms with E-state index in [2.05, 4.69) is 66.8 Å². The molecule has 0 bridgehead atoms. The Hall–Kier alpha value is -4.03. The van der Waals surface area contributed by atoms with Crippen LogP contribution in [0.5, 0.6) is 0 Å². The molecule has 47 heavy (non-hydrogen) atoms. The van der Waals surface area contributed by atoms with Crippen molar-refractivity contribution in [2.45, 2.75) is 51.5 Å². The summed E-state index contributed by atoms with van der Waals surface area (Å²) in [6, 6.07) is 10.4. The van der Waals surface area contributed by atoms with Crippen molar-refractivity contribution in [3.8, 4) is 6.07 Å². The van der Waals surface area contributed by atoms with Crippen LogP contribution in [-0.2, 0) is 24.3 Å². The second-order valence-corrected chi connectivity index (χ2v) is 13.3. The van der Waals surface area contributed by atoms with Crippen molar-refractivity contribution in [3.05, 3.63) is 64.9 Å². The first kappa shape index (κ1) is 32.9. The lowest BCUT2D eigenvalue weighted by Crippen LogP contribution is -2.53. The average molecular weight is 666 g/mol. The number of amides is 1. The monoisotopic (exact) mass is 665 g/mol. The minimum absolute atomic E-state index is 0.167. The molecule has 248 valence electrons. The van der Waals surface area contributed by atoms with Gasteiger partial charge in [-0.05, 0) is 55.2 Å². The third kappa shape index (κ3) is 7.76. The van der Waals surface area contributed by atoms with Crippen LogP contribution < -0.4 is 10.7 Å². The largest absolute Gasteiger partial charge is 0.393 e. The number of thiophene rings is 1. The van der Waals surface area contributed by atoms with Crippen LogP contribution in [0.1, 0.15) is 34.5 Å². The molecule has 2 aliphatic heterocycles. The first-order chi connectivity index (χ1) is 22.6. The van der Waals surface area contributed by atoms with Gasteiger partial charge in [0.15, 0.2) is 0 Å². The van der Waals surface area contributed by atoms with E-state index < -0.39 is 12.6 Å². The van der Waals surface area contributed by atoms with E-state index in [1.165, 1.54) is 23.5 Å². The molecule has 0 radical (unpaired) electrons. The number of hydrazine groups is 1. The number of likely N-dealkylation sites (tertiary alicyclic amines) is 1. The third-order valence-corrected chi connectivity index (χ3v) is 10.2. The number of anilines is 1. The fourth-order valence-corrected chi connectivity index (χ4v) is 7.55. The number of nitriles is 1. The molecule has 4 aromatic rings. The molecule has 0 unspecified atom stereocenters. The standard InChI is InChI=1S/C33H38F3N9OS/c1-3-30(46)41-44-13-10-42(11-14-44)12-15-45-25(19-37)16-27-22(2)23(4-5-29(27)45)20-43-8-6-24(7-9-43)40-31-28-17-26(18-33(34,35)36)47-32(28)39-21-38-31/h3-5,16-17,21,24H,1,6-15,18,20H2,2H3,(H,41,46)(H,38,39,40). The lowest BCUT2D eigenvalue weighted by molar-refractivity contribution is -0.126. The van der Waals surface area contributed by atoms with Crippen LogP contribution >= 0.6 is 11.3 Å². The molecule has 0 aliphatic carbocycles. The summed E-state index contributed by atoms with van der Waals surface area (Å²) in [5, 5.41) is 17.1. The lowest BCUT2D eigenvalue weighted by Gasteiger charge is -2.34. The van der Waals surface area contributed by atoms with Gasteiger partial charge in [0, 0.05) is 80.7 Å². The number of aromatic nitrogens is 3. The van der Waals surface area contributed by atoms with E-state index in [0.29, 0.717) is 28.3 Å². The first-order valence-electron chi connectivity index (χ1n) is 15.8. The van der Waals surface area contributed by atoms with E-state index in [9.17, 15) is 23.2 Å². The summed E-state index contributed by atoms with van der Waals surface area (Å²) in [5.41, 5.74) is 6.95. The third-order valence-electron chi connectivity index (χ3n) is 9.12.